The number of hydrogen-bond acceptors (Lipinski definition) is 5. The van der Waals surface area contributed by atoms with Crippen molar-refractivity contribution < 1.29 is 19.1 Å². The maximum Gasteiger partial charge on any atom is 0.342 e. The van der Waals surface area contributed by atoms with Crippen molar-refractivity contribution in [3.8, 4) is 0 Å². The number of hydrogen-bond donors (Lipinski definition) is 2. The van der Waals surface area contributed by atoms with Crippen LogP contribution in [0.15, 0.2) is 0 Å². The lowest BCUT2D eigenvalue weighted by atomic mass is 10.1. The number of ether oxygens (including phenoxy) is 1. The molecule has 7 heteroatoms. The van der Waals surface area contributed by atoms with Crippen LogP contribution in [0.1, 0.15) is 54.4 Å². The van der Waals surface area contributed by atoms with Crippen LogP contribution in [0, 0.1) is 25.7 Å². The molecule has 2 rings (SSSR count). The average molecular weight is 366 g/mol. The first-order valence-electron chi connectivity index (χ1n) is 8.60. The van der Waals surface area contributed by atoms with Gasteiger partial charge >= 0.3 is 5.97 Å². The molecule has 138 valence electrons. The predicted octanol–water partition coefficient (Wildman–Crippen LogP) is 3.03. The fourth-order valence-corrected chi connectivity index (χ4v) is 3.29. The Morgan fingerprint density at radius 2 is 1.84 bits per heavy atom. The van der Waals surface area contributed by atoms with Gasteiger partial charge in [-0.25, -0.2) is 4.79 Å². The molecule has 1 fully saturated rings. The fraction of sp³-hybridized carbons (Fsp3) is 0.611. The maximum absolute atomic E-state index is 12.6. The molecule has 1 unspecified atom stereocenters. The third-order valence-corrected chi connectivity index (χ3v) is 5.23. The quantitative estimate of drug-likeness (QED) is 0.727. The number of rotatable bonds is 7. The molecule has 1 atom stereocenters. The SMILES string of the molecule is Cc1sc(NC(=O)C2CC2)c(C(=O)OC(C)C(=O)NCC(C)C)c1C. The summed E-state index contributed by atoms with van der Waals surface area (Å²) in [5, 5.41) is 6.09. The van der Waals surface area contributed by atoms with Crippen molar-refractivity contribution in [1.29, 1.82) is 0 Å². The van der Waals surface area contributed by atoms with Crippen molar-refractivity contribution in [2.75, 3.05) is 11.9 Å². The van der Waals surface area contributed by atoms with E-state index >= 15 is 0 Å². The van der Waals surface area contributed by atoms with Crippen molar-refractivity contribution in [1.82, 2.24) is 5.32 Å². The van der Waals surface area contributed by atoms with Crippen molar-refractivity contribution in [2.24, 2.45) is 11.8 Å². The van der Waals surface area contributed by atoms with Gasteiger partial charge in [-0.1, -0.05) is 13.8 Å². The van der Waals surface area contributed by atoms with E-state index in [9.17, 15) is 14.4 Å². The largest absolute Gasteiger partial charge is 0.449 e. The second kappa shape index (κ2) is 7.99. The zero-order chi connectivity index (χ0) is 18.7. The average Bonchev–Trinajstić information content (AvgIpc) is 3.33. The van der Waals surface area contributed by atoms with Gasteiger partial charge in [0.05, 0.1) is 5.56 Å². The van der Waals surface area contributed by atoms with Gasteiger partial charge in [-0.3, -0.25) is 9.59 Å². The Hall–Kier alpha value is -1.89. The first-order chi connectivity index (χ1) is 11.7. The van der Waals surface area contributed by atoms with Crippen LogP contribution < -0.4 is 10.6 Å². The van der Waals surface area contributed by atoms with E-state index in [0.29, 0.717) is 23.0 Å². The van der Waals surface area contributed by atoms with E-state index in [2.05, 4.69) is 10.6 Å². The number of thiophene rings is 1. The summed E-state index contributed by atoms with van der Waals surface area (Å²) in [6, 6.07) is 0. The number of aryl methyl sites for hydroxylation is 1. The number of nitrogens with one attached hydrogen (secondary N) is 2. The number of carbonyl (C=O) groups excluding carboxylic acids is 3. The fourth-order valence-electron chi connectivity index (χ4n) is 2.24. The van der Waals surface area contributed by atoms with Gasteiger partial charge in [0, 0.05) is 17.3 Å². The number of amides is 2. The van der Waals surface area contributed by atoms with E-state index in [1.807, 2.05) is 27.7 Å². The summed E-state index contributed by atoms with van der Waals surface area (Å²) in [5.74, 6) is -0.599. The molecule has 0 aromatic carbocycles. The van der Waals surface area contributed by atoms with Crippen LogP contribution in [0.3, 0.4) is 0 Å². The van der Waals surface area contributed by atoms with E-state index in [4.69, 9.17) is 4.74 Å². The predicted molar refractivity (Wildman–Crippen MR) is 97.9 cm³/mol. The van der Waals surface area contributed by atoms with Crippen LogP contribution in [0.2, 0.25) is 0 Å². The van der Waals surface area contributed by atoms with Crippen molar-refractivity contribution in [3.05, 3.63) is 16.0 Å². The summed E-state index contributed by atoms with van der Waals surface area (Å²) in [6.07, 6.45) is 0.891. The molecule has 2 amide bonds. The highest BCUT2D eigenvalue weighted by molar-refractivity contribution is 7.16. The van der Waals surface area contributed by atoms with Gasteiger partial charge in [0.2, 0.25) is 5.91 Å². The number of esters is 1. The third-order valence-electron chi connectivity index (χ3n) is 4.11. The molecule has 0 radical (unpaired) electrons. The Morgan fingerprint density at radius 3 is 2.40 bits per heavy atom. The van der Waals surface area contributed by atoms with Crippen molar-refractivity contribution in [2.45, 2.75) is 53.6 Å². The second-order valence-electron chi connectivity index (χ2n) is 6.94. The lowest BCUT2D eigenvalue weighted by molar-refractivity contribution is -0.129. The maximum atomic E-state index is 12.6. The Labute approximate surface area is 152 Å². The smallest absolute Gasteiger partial charge is 0.342 e. The van der Waals surface area contributed by atoms with Crippen molar-refractivity contribution >= 4 is 34.1 Å². The highest BCUT2D eigenvalue weighted by Crippen LogP contribution is 2.36. The van der Waals surface area contributed by atoms with Gasteiger partial charge in [0.15, 0.2) is 6.10 Å². The van der Waals surface area contributed by atoms with E-state index in [1.54, 1.807) is 6.92 Å². The summed E-state index contributed by atoms with van der Waals surface area (Å²) >= 11 is 1.36. The van der Waals surface area contributed by atoms with E-state index < -0.39 is 12.1 Å². The number of anilines is 1. The molecule has 25 heavy (non-hydrogen) atoms. The second-order valence-corrected chi connectivity index (χ2v) is 8.16. The van der Waals surface area contributed by atoms with Crippen molar-refractivity contribution in [3.63, 3.8) is 0 Å². The van der Waals surface area contributed by atoms with Gasteiger partial charge in [0.1, 0.15) is 5.00 Å². The Bertz CT molecular complexity index is 677. The van der Waals surface area contributed by atoms with E-state index in [-0.39, 0.29) is 17.7 Å². The lowest BCUT2D eigenvalue weighted by Crippen LogP contribution is -2.37. The van der Waals surface area contributed by atoms with E-state index in [1.165, 1.54) is 11.3 Å². The standard InChI is InChI=1S/C18H26N2O4S/c1-9(2)8-19-15(21)11(4)24-18(23)14-10(3)12(5)25-17(14)20-16(22)13-6-7-13/h9,11,13H,6-8H2,1-5H3,(H,19,21)(H,20,22). The number of carbonyl (C=O) groups is 3. The van der Waals surface area contributed by atoms with Gasteiger partial charge in [-0.15, -0.1) is 11.3 Å². The molecule has 0 saturated heterocycles. The summed E-state index contributed by atoms with van der Waals surface area (Å²) in [6.45, 7) is 9.76. The topological polar surface area (TPSA) is 84.5 Å². The summed E-state index contributed by atoms with van der Waals surface area (Å²) in [4.78, 5) is 37.6. The molecule has 1 saturated carbocycles. The molecule has 0 spiro atoms. The minimum Gasteiger partial charge on any atom is -0.449 e. The van der Waals surface area contributed by atoms with Gasteiger partial charge in [-0.05, 0) is 45.1 Å². The summed E-state index contributed by atoms with van der Waals surface area (Å²) in [7, 11) is 0. The molecular weight excluding hydrogens is 340 g/mol. The van der Waals surface area contributed by atoms with Crippen LogP contribution in [0.4, 0.5) is 5.00 Å². The molecular formula is C18H26N2O4S. The molecule has 1 aliphatic rings. The lowest BCUT2D eigenvalue weighted by Gasteiger charge is -2.15. The van der Waals surface area contributed by atoms with Crippen LogP contribution >= 0.6 is 11.3 Å². The minimum atomic E-state index is -0.891. The zero-order valence-corrected chi connectivity index (χ0v) is 16.2. The molecule has 6 nitrogen and oxygen atoms in total. The Balaban J connectivity index is 2.07. The van der Waals surface area contributed by atoms with Gasteiger partial charge < -0.3 is 15.4 Å². The molecule has 1 aromatic heterocycles. The minimum absolute atomic E-state index is 0.0484. The first-order valence-corrected chi connectivity index (χ1v) is 9.41. The first kappa shape index (κ1) is 19.4. The highest BCUT2D eigenvalue weighted by atomic mass is 32.1. The van der Waals surface area contributed by atoms with Crippen LogP contribution in [0.5, 0.6) is 0 Å². The zero-order valence-electron chi connectivity index (χ0n) is 15.4. The summed E-state index contributed by atoms with van der Waals surface area (Å²) in [5.41, 5.74) is 1.12. The van der Waals surface area contributed by atoms with Crippen LogP contribution in [-0.4, -0.2) is 30.4 Å². The molecule has 0 aliphatic heterocycles. The highest BCUT2D eigenvalue weighted by Gasteiger charge is 2.32. The molecule has 1 heterocycles. The Kier molecular flexibility index (Phi) is 6.21. The van der Waals surface area contributed by atoms with Gasteiger partial charge in [0.25, 0.3) is 5.91 Å². The van der Waals surface area contributed by atoms with E-state index in [0.717, 1.165) is 23.3 Å². The normalized spacial score (nSPS) is 15.0. The molecule has 1 aliphatic carbocycles. The Morgan fingerprint density at radius 1 is 1.20 bits per heavy atom. The van der Waals surface area contributed by atoms with Crippen LogP contribution in [0.25, 0.3) is 0 Å². The molecule has 0 bridgehead atoms. The molecule has 2 N–H and O–H groups in total. The molecule has 1 aromatic rings. The van der Waals surface area contributed by atoms with Crippen LogP contribution in [-0.2, 0) is 14.3 Å². The summed E-state index contributed by atoms with van der Waals surface area (Å²) < 4.78 is 5.33. The van der Waals surface area contributed by atoms with Gasteiger partial charge in [-0.2, -0.15) is 0 Å². The third kappa shape index (κ3) is 5.04. The monoisotopic (exact) mass is 366 g/mol.